The van der Waals surface area contributed by atoms with E-state index in [0.717, 1.165) is 22.3 Å². The molecule has 6 amide bonds. The number of alkyl carbamates (subject to hydrolysis) is 1. The van der Waals surface area contributed by atoms with Crippen LogP contribution in [0.2, 0.25) is 0 Å². The van der Waals surface area contributed by atoms with Gasteiger partial charge in [0.05, 0.1) is 12.5 Å². The van der Waals surface area contributed by atoms with E-state index in [9.17, 15) is 38.7 Å². The molecule has 1 aromatic heterocycles. The molecule has 7 atom stereocenters. The minimum Gasteiger partial charge on any atom is -0.457 e. The van der Waals surface area contributed by atoms with Gasteiger partial charge in [0.15, 0.2) is 0 Å². The number of anilines is 2. The highest BCUT2D eigenvalue weighted by molar-refractivity contribution is 5.98. The summed E-state index contributed by atoms with van der Waals surface area (Å²) in [6.07, 6.45) is 4.79. The molecule has 0 bridgehead atoms. The van der Waals surface area contributed by atoms with Crippen molar-refractivity contribution in [2.45, 2.75) is 110 Å². The van der Waals surface area contributed by atoms with Crippen molar-refractivity contribution in [1.29, 1.82) is 0 Å². The first-order valence-corrected chi connectivity index (χ1v) is 30.5. The molecule has 4 aromatic carbocycles. The van der Waals surface area contributed by atoms with Crippen LogP contribution in [0.1, 0.15) is 89.0 Å². The zero-order chi connectivity index (χ0) is 63.3. The topological polar surface area (TPSA) is 244 Å². The molecule has 2 fully saturated rings. The van der Waals surface area contributed by atoms with Crippen LogP contribution in [-0.4, -0.2) is 161 Å². The number of esters is 1. The molecule has 89 heavy (non-hydrogen) atoms. The van der Waals surface area contributed by atoms with Gasteiger partial charge in [-0.1, -0.05) is 101 Å². The number of carbonyl (C=O) groups is 7. The minimum atomic E-state index is -1.00. The Bertz CT molecular complexity index is 3330. The summed E-state index contributed by atoms with van der Waals surface area (Å²) in [6, 6.07) is 27.2. The number of carbonyl (C=O) groups excluding carboxylic acids is 7. The van der Waals surface area contributed by atoms with Gasteiger partial charge >= 0.3 is 24.2 Å². The van der Waals surface area contributed by atoms with Gasteiger partial charge in [0.1, 0.15) is 49.9 Å². The van der Waals surface area contributed by atoms with Crippen LogP contribution < -0.4 is 20.9 Å². The molecule has 0 spiro atoms. The summed E-state index contributed by atoms with van der Waals surface area (Å²) < 4.78 is 40.3. The summed E-state index contributed by atoms with van der Waals surface area (Å²) in [4.78, 5) is 99.8. The summed E-state index contributed by atoms with van der Waals surface area (Å²) in [6.45, 7) is 13.5. The third-order valence-corrected chi connectivity index (χ3v) is 16.8. The molecule has 3 aliphatic heterocycles. The number of cyclic esters (lactones) is 1. The van der Waals surface area contributed by atoms with Crippen molar-refractivity contribution < 1.29 is 62.0 Å². The molecule has 0 radical (unpaired) electrons. The lowest BCUT2D eigenvalue weighted by Gasteiger charge is -2.36. The van der Waals surface area contributed by atoms with Gasteiger partial charge in [0.2, 0.25) is 17.7 Å². The fourth-order valence-corrected chi connectivity index (χ4v) is 11.6. The second-order valence-corrected chi connectivity index (χ2v) is 23.8. The maximum absolute atomic E-state index is 15.3. The molecule has 5 aromatic rings. The number of ether oxygens (including phenoxy) is 4. The second kappa shape index (κ2) is 29.8. The highest BCUT2D eigenvalue weighted by Crippen LogP contribution is 2.44. The molecule has 2 saturated heterocycles. The van der Waals surface area contributed by atoms with Crippen LogP contribution in [0.15, 0.2) is 127 Å². The first-order chi connectivity index (χ1) is 42.8. The first-order valence-electron chi connectivity index (χ1n) is 30.5. The number of piperazine rings is 2. The van der Waals surface area contributed by atoms with Gasteiger partial charge in [-0.15, -0.1) is 0 Å². The van der Waals surface area contributed by atoms with Crippen LogP contribution in [0.4, 0.5) is 30.1 Å². The third-order valence-electron chi connectivity index (χ3n) is 16.8. The van der Waals surface area contributed by atoms with E-state index in [2.05, 4.69) is 21.0 Å². The summed E-state index contributed by atoms with van der Waals surface area (Å²) >= 11 is 0. The van der Waals surface area contributed by atoms with E-state index in [0.29, 0.717) is 60.7 Å². The predicted molar refractivity (Wildman–Crippen MR) is 331 cm³/mol. The van der Waals surface area contributed by atoms with Crippen molar-refractivity contribution >= 4 is 59.4 Å². The standard InChI is InChI=1S/C67H80FN9O12/c1-42(2)61(72-65(83)86-41-57-55-14-9-7-12-53(55)54-13-8-10-15-56(54)57)64(82)70-46(6)63(81)71-50-20-18-47(19-21-50)40-87-66(84)75-30-32-76(33-31-75)67(85)88-58-23-17-44(4)62(89-60(80)38-52(78)22-16-43(58)3)45(5)34-48-35-49(68)37-51(36-48)73-26-28-74(29-27-73)59(79)39-77-25-11-24-69-77/h7-15,17-21,23-25,34-37,42-44,46,52,57-58,61-62,78H,16,22,26-33,38-41H2,1-6H3,(H,70,82)(H,71,81)(H,72,83)/b23-17-,45-34+/t43-,44-,46-,52+,58-,61-,62-/m0/s1. The van der Waals surface area contributed by atoms with Crippen LogP contribution in [0, 0.1) is 23.6 Å². The molecule has 472 valence electrons. The maximum atomic E-state index is 15.3. The van der Waals surface area contributed by atoms with E-state index in [4.69, 9.17) is 18.9 Å². The molecular weight excluding hydrogens is 1140 g/mol. The lowest BCUT2D eigenvalue weighted by atomic mass is 9.91. The molecule has 9 rings (SSSR count). The first kappa shape index (κ1) is 64.4. The Morgan fingerprint density at radius 3 is 2.07 bits per heavy atom. The van der Waals surface area contributed by atoms with E-state index >= 15 is 4.39 Å². The lowest BCUT2D eigenvalue weighted by molar-refractivity contribution is -0.151. The fourth-order valence-electron chi connectivity index (χ4n) is 11.6. The van der Waals surface area contributed by atoms with Crippen LogP contribution >= 0.6 is 0 Å². The fraction of sp³-hybridized carbons (Fsp3) is 0.433. The Morgan fingerprint density at radius 2 is 1.42 bits per heavy atom. The number of nitrogens with one attached hydrogen (secondary N) is 3. The van der Waals surface area contributed by atoms with E-state index in [1.54, 1.807) is 85.2 Å². The normalized spacial score (nSPS) is 21.0. The Morgan fingerprint density at radius 1 is 0.764 bits per heavy atom. The van der Waals surface area contributed by atoms with E-state index in [1.807, 2.05) is 79.4 Å². The summed E-state index contributed by atoms with van der Waals surface area (Å²) in [7, 11) is 0. The van der Waals surface area contributed by atoms with Gasteiger partial charge in [0, 0.05) is 88.0 Å². The summed E-state index contributed by atoms with van der Waals surface area (Å²) in [5.41, 5.74) is 7.24. The number of aliphatic hydroxyl groups excluding tert-OH is 1. The van der Waals surface area contributed by atoms with Gasteiger partial charge in [-0.05, 0) is 120 Å². The third kappa shape index (κ3) is 17.0. The van der Waals surface area contributed by atoms with Crippen LogP contribution in [0.25, 0.3) is 17.2 Å². The van der Waals surface area contributed by atoms with E-state index in [-0.39, 0.29) is 82.4 Å². The minimum absolute atomic E-state index is 0.0445. The number of hydrogen-bond acceptors (Lipinski definition) is 14. The number of rotatable bonds is 16. The number of halogens is 1. The SMILES string of the molecule is C/C(=C\c1cc(F)cc(N2CCN(C(=O)Cn3cccn3)CC2)c1)[C@H]1OC(=O)C[C@H](O)CC[C@H](C)[C@@H](OC(=O)N2CCN(C(=O)OCc3ccc(NC(=O)[C@H](C)NC(=O)[C@@H](NC(=O)OCC4c5ccccc5-c5ccccc54)C(C)C)cc3)CC2)/C=C\[C@@H]1C. The number of amides is 6. The van der Waals surface area contributed by atoms with Crippen molar-refractivity contribution in [2.75, 3.05) is 69.2 Å². The zero-order valence-electron chi connectivity index (χ0n) is 51.2. The van der Waals surface area contributed by atoms with Gasteiger partial charge < -0.3 is 59.6 Å². The molecule has 21 nitrogen and oxygen atoms in total. The number of aliphatic hydroxyl groups is 1. The van der Waals surface area contributed by atoms with E-state index in [1.165, 1.54) is 28.9 Å². The summed E-state index contributed by atoms with van der Waals surface area (Å²) in [5.74, 6) is -3.27. The van der Waals surface area contributed by atoms with Gasteiger partial charge in [-0.25, -0.2) is 18.8 Å². The van der Waals surface area contributed by atoms with Crippen molar-refractivity contribution in [2.24, 2.45) is 17.8 Å². The molecule has 4 aliphatic rings. The van der Waals surface area contributed by atoms with Crippen LogP contribution in [0.5, 0.6) is 0 Å². The molecular formula is C67H80FN9O12. The largest absolute Gasteiger partial charge is 0.457 e. The van der Waals surface area contributed by atoms with Crippen molar-refractivity contribution in [3.8, 4) is 11.1 Å². The van der Waals surface area contributed by atoms with Gasteiger partial charge in [-0.3, -0.25) is 23.9 Å². The van der Waals surface area contributed by atoms with Crippen LogP contribution in [-0.2, 0) is 51.3 Å². The molecule has 1 aliphatic carbocycles. The maximum Gasteiger partial charge on any atom is 0.410 e. The van der Waals surface area contributed by atoms with Crippen molar-refractivity contribution in [3.05, 3.63) is 155 Å². The Labute approximate surface area is 518 Å². The Balaban J connectivity index is 0.716. The molecule has 0 unspecified atom stereocenters. The molecule has 4 heterocycles. The molecule has 22 heteroatoms. The highest BCUT2D eigenvalue weighted by atomic mass is 19.1. The number of hydrogen-bond donors (Lipinski definition) is 4. The zero-order valence-corrected chi connectivity index (χ0v) is 51.2. The quantitative estimate of drug-likeness (QED) is 0.0411. The van der Waals surface area contributed by atoms with Gasteiger partial charge in [0.25, 0.3) is 0 Å². The Kier molecular flexibility index (Phi) is 21.5. The monoisotopic (exact) mass is 1220 g/mol. The van der Waals surface area contributed by atoms with Gasteiger partial charge in [-0.2, -0.15) is 5.10 Å². The van der Waals surface area contributed by atoms with E-state index < -0.39 is 78.2 Å². The van der Waals surface area contributed by atoms with Crippen molar-refractivity contribution in [3.63, 3.8) is 0 Å². The Hall–Kier alpha value is -9.05. The smallest absolute Gasteiger partial charge is 0.410 e. The second-order valence-electron chi connectivity index (χ2n) is 23.8. The average molecular weight is 1220 g/mol. The molecule has 4 N–H and O–H groups in total. The average Bonchev–Trinajstić information content (AvgIpc) is 1.87. The predicted octanol–water partition coefficient (Wildman–Crippen LogP) is 8.53. The molecule has 0 saturated carbocycles. The van der Waals surface area contributed by atoms with Crippen LogP contribution in [0.3, 0.4) is 0 Å². The highest BCUT2D eigenvalue weighted by Gasteiger charge is 2.34. The number of nitrogens with zero attached hydrogens (tertiary/aromatic N) is 6. The number of aromatic nitrogens is 2. The number of benzene rings is 4. The van der Waals surface area contributed by atoms with Crippen molar-refractivity contribution in [1.82, 2.24) is 35.1 Å². The summed E-state index contributed by atoms with van der Waals surface area (Å²) in [5, 5.41) is 23.2. The number of fused-ring (bicyclic) bond motifs is 3. The lowest BCUT2D eigenvalue weighted by Crippen LogP contribution is -2.53.